The van der Waals surface area contributed by atoms with E-state index in [-0.39, 0.29) is 23.5 Å². The number of anilines is 1. The van der Waals surface area contributed by atoms with Gasteiger partial charge < -0.3 is 15.4 Å². The van der Waals surface area contributed by atoms with Crippen molar-refractivity contribution >= 4 is 23.3 Å². The second-order valence-corrected chi connectivity index (χ2v) is 6.51. The molecule has 0 bridgehead atoms. The van der Waals surface area contributed by atoms with E-state index in [2.05, 4.69) is 10.6 Å². The summed E-state index contributed by atoms with van der Waals surface area (Å²) in [5.74, 6) is -0.372. The van der Waals surface area contributed by atoms with Gasteiger partial charge in [0.25, 0.3) is 5.91 Å². The summed E-state index contributed by atoms with van der Waals surface area (Å²) in [4.78, 5) is 37.0. The number of para-hydroxylation sites is 1. The maximum absolute atomic E-state index is 12.7. The first kappa shape index (κ1) is 20.2. The lowest BCUT2D eigenvalue weighted by molar-refractivity contribution is -0.118. The van der Waals surface area contributed by atoms with E-state index in [1.165, 1.54) is 6.92 Å². The largest absolute Gasteiger partial charge is 0.497 e. The molecule has 1 atom stereocenters. The van der Waals surface area contributed by atoms with Crippen molar-refractivity contribution in [2.45, 2.75) is 26.8 Å². The number of amides is 2. The van der Waals surface area contributed by atoms with Crippen LogP contribution in [-0.2, 0) is 4.79 Å². The highest BCUT2D eigenvalue weighted by atomic mass is 16.5. The van der Waals surface area contributed by atoms with Gasteiger partial charge in [-0.15, -0.1) is 0 Å². The average Bonchev–Trinajstić information content (AvgIpc) is 2.65. The molecule has 142 valence electrons. The molecular weight excluding hydrogens is 344 g/mol. The van der Waals surface area contributed by atoms with Gasteiger partial charge in [-0.05, 0) is 49.2 Å². The van der Waals surface area contributed by atoms with Crippen LogP contribution in [0.1, 0.15) is 41.5 Å². The molecule has 2 rings (SSSR count). The first-order valence-corrected chi connectivity index (χ1v) is 8.69. The van der Waals surface area contributed by atoms with Crippen LogP contribution in [0.3, 0.4) is 0 Å². The van der Waals surface area contributed by atoms with Crippen molar-refractivity contribution in [3.8, 4) is 5.75 Å². The minimum atomic E-state index is -0.750. The van der Waals surface area contributed by atoms with Crippen LogP contribution in [0.25, 0.3) is 0 Å². The van der Waals surface area contributed by atoms with E-state index >= 15 is 0 Å². The molecule has 0 aliphatic rings. The number of rotatable bonds is 7. The average molecular weight is 368 g/mol. The number of hydrogen-bond acceptors (Lipinski definition) is 4. The zero-order valence-corrected chi connectivity index (χ0v) is 15.9. The van der Waals surface area contributed by atoms with Crippen molar-refractivity contribution in [1.82, 2.24) is 5.32 Å². The molecule has 1 unspecified atom stereocenters. The van der Waals surface area contributed by atoms with E-state index in [0.717, 1.165) is 0 Å². The molecule has 2 aromatic carbocycles. The number of hydrogen-bond donors (Lipinski definition) is 2. The molecular formula is C21H24N2O4. The molecule has 0 spiro atoms. The third-order valence-electron chi connectivity index (χ3n) is 4.15. The molecule has 0 fully saturated rings. The fourth-order valence-electron chi connectivity index (χ4n) is 2.61. The zero-order chi connectivity index (χ0) is 20.0. The van der Waals surface area contributed by atoms with E-state index in [1.807, 2.05) is 13.8 Å². The van der Waals surface area contributed by atoms with Gasteiger partial charge >= 0.3 is 0 Å². The van der Waals surface area contributed by atoms with Crippen molar-refractivity contribution in [2.24, 2.45) is 5.92 Å². The Morgan fingerprint density at radius 2 is 1.59 bits per heavy atom. The van der Waals surface area contributed by atoms with E-state index in [0.29, 0.717) is 22.6 Å². The number of ketones is 1. The third-order valence-corrected chi connectivity index (χ3v) is 4.15. The van der Waals surface area contributed by atoms with Gasteiger partial charge in [-0.3, -0.25) is 14.4 Å². The van der Waals surface area contributed by atoms with E-state index in [9.17, 15) is 14.4 Å². The molecule has 2 amide bonds. The minimum absolute atomic E-state index is 0.142. The minimum Gasteiger partial charge on any atom is -0.497 e. The highest BCUT2D eigenvalue weighted by Crippen LogP contribution is 2.17. The fourth-order valence-corrected chi connectivity index (χ4v) is 2.61. The quantitative estimate of drug-likeness (QED) is 0.735. The van der Waals surface area contributed by atoms with Gasteiger partial charge in [0.05, 0.1) is 12.8 Å². The predicted molar refractivity (Wildman–Crippen MR) is 104 cm³/mol. The molecule has 0 radical (unpaired) electrons. The molecule has 0 saturated carbocycles. The Bertz CT molecular complexity index is 828. The Balaban J connectivity index is 2.15. The summed E-state index contributed by atoms with van der Waals surface area (Å²) >= 11 is 0. The third kappa shape index (κ3) is 5.17. The monoisotopic (exact) mass is 368 g/mol. The van der Waals surface area contributed by atoms with Gasteiger partial charge in [0, 0.05) is 11.1 Å². The van der Waals surface area contributed by atoms with Crippen LogP contribution >= 0.6 is 0 Å². The lowest BCUT2D eigenvalue weighted by Crippen LogP contribution is -2.47. The highest BCUT2D eigenvalue weighted by Gasteiger charge is 2.25. The Morgan fingerprint density at radius 3 is 2.15 bits per heavy atom. The van der Waals surface area contributed by atoms with Crippen LogP contribution in [0.15, 0.2) is 48.5 Å². The fraction of sp³-hybridized carbons (Fsp3) is 0.286. The number of benzene rings is 2. The van der Waals surface area contributed by atoms with Crippen LogP contribution in [0.5, 0.6) is 5.75 Å². The maximum Gasteiger partial charge on any atom is 0.251 e. The topological polar surface area (TPSA) is 84.5 Å². The Morgan fingerprint density at radius 1 is 0.963 bits per heavy atom. The molecule has 6 nitrogen and oxygen atoms in total. The molecule has 6 heteroatoms. The Hall–Kier alpha value is -3.15. The van der Waals surface area contributed by atoms with Gasteiger partial charge in [0.2, 0.25) is 5.91 Å². The van der Waals surface area contributed by atoms with Gasteiger partial charge in [-0.25, -0.2) is 0 Å². The predicted octanol–water partition coefficient (Wildman–Crippen LogP) is 3.29. The lowest BCUT2D eigenvalue weighted by atomic mass is 10.0. The van der Waals surface area contributed by atoms with Gasteiger partial charge in [0.1, 0.15) is 11.8 Å². The maximum atomic E-state index is 12.7. The molecule has 0 saturated heterocycles. The van der Waals surface area contributed by atoms with Gasteiger partial charge in [-0.1, -0.05) is 26.0 Å². The molecule has 0 aliphatic carbocycles. The molecule has 27 heavy (non-hydrogen) atoms. The smallest absolute Gasteiger partial charge is 0.251 e. The molecule has 0 aliphatic heterocycles. The normalized spacial score (nSPS) is 11.6. The van der Waals surface area contributed by atoms with E-state index in [1.54, 1.807) is 55.6 Å². The second kappa shape index (κ2) is 8.98. The van der Waals surface area contributed by atoms with Crippen LogP contribution < -0.4 is 15.4 Å². The number of nitrogens with one attached hydrogen (secondary N) is 2. The molecule has 0 aromatic heterocycles. The number of ether oxygens (including phenoxy) is 1. The zero-order valence-electron chi connectivity index (χ0n) is 15.9. The van der Waals surface area contributed by atoms with Crippen LogP contribution in [-0.4, -0.2) is 30.7 Å². The molecule has 0 heterocycles. The Kier molecular flexibility index (Phi) is 6.71. The highest BCUT2D eigenvalue weighted by molar-refractivity contribution is 6.06. The summed E-state index contributed by atoms with van der Waals surface area (Å²) in [5, 5.41) is 5.52. The van der Waals surface area contributed by atoms with Crippen LogP contribution in [0, 0.1) is 5.92 Å². The number of Topliss-reactive ketones (excluding diaryl/α,β-unsaturated/α-hetero) is 1. The summed E-state index contributed by atoms with van der Waals surface area (Å²) in [6.07, 6.45) is 0. The van der Waals surface area contributed by atoms with Crippen molar-refractivity contribution < 1.29 is 19.1 Å². The molecule has 2 N–H and O–H groups in total. The van der Waals surface area contributed by atoms with Gasteiger partial charge in [0.15, 0.2) is 5.78 Å². The van der Waals surface area contributed by atoms with Crippen molar-refractivity contribution in [1.29, 1.82) is 0 Å². The molecule has 2 aromatic rings. The summed E-state index contributed by atoms with van der Waals surface area (Å²) in [6.45, 7) is 5.13. The Labute approximate surface area is 158 Å². The van der Waals surface area contributed by atoms with Crippen molar-refractivity contribution in [3.63, 3.8) is 0 Å². The van der Waals surface area contributed by atoms with E-state index < -0.39 is 6.04 Å². The lowest BCUT2D eigenvalue weighted by Gasteiger charge is -2.22. The standard InChI is InChI=1S/C21H24N2O4/c1-13(2)19(23-20(25)15-9-11-16(27-4)12-10-15)21(26)22-18-8-6-5-7-17(18)14(3)24/h5-13,19H,1-4H3,(H,22,26)(H,23,25). The van der Waals surface area contributed by atoms with Crippen molar-refractivity contribution in [2.75, 3.05) is 12.4 Å². The van der Waals surface area contributed by atoms with Crippen molar-refractivity contribution in [3.05, 3.63) is 59.7 Å². The van der Waals surface area contributed by atoms with Gasteiger partial charge in [-0.2, -0.15) is 0 Å². The second-order valence-electron chi connectivity index (χ2n) is 6.51. The first-order chi connectivity index (χ1) is 12.8. The summed E-state index contributed by atoms with van der Waals surface area (Å²) in [6, 6.07) is 12.7. The number of methoxy groups -OCH3 is 1. The summed E-state index contributed by atoms with van der Waals surface area (Å²) < 4.78 is 5.08. The van der Waals surface area contributed by atoms with Crippen LogP contribution in [0.2, 0.25) is 0 Å². The summed E-state index contributed by atoms with van der Waals surface area (Å²) in [5.41, 5.74) is 1.28. The number of carbonyl (C=O) groups is 3. The SMILES string of the molecule is COc1ccc(C(=O)NC(C(=O)Nc2ccccc2C(C)=O)C(C)C)cc1. The van der Waals surface area contributed by atoms with Crippen LogP contribution in [0.4, 0.5) is 5.69 Å². The summed E-state index contributed by atoms with van der Waals surface area (Å²) in [7, 11) is 1.55. The first-order valence-electron chi connectivity index (χ1n) is 8.69. The number of carbonyl (C=O) groups excluding carboxylic acids is 3. The van der Waals surface area contributed by atoms with E-state index in [4.69, 9.17) is 4.74 Å².